The number of carbonyl (C=O) groups is 1. The van der Waals surface area contributed by atoms with E-state index >= 15 is 0 Å². The topological polar surface area (TPSA) is 85.6 Å². The number of hydrogen-bond donors (Lipinski definition) is 0. The molecule has 1 heterocycles. The maximum absolute atomic E-state index is 12.1. The van der Waals surface area contributed by atoms with Gasteiger partial charge < -0.3 is 9.64 Å². The Kier molecular flexibility index (Phi) is 4.57. The Morgan fingerprint density at radius 2 is 2.05 bits per heavy atom. The first kappa shape index (κ1) is 15.7. The maximum atomic E-state index is 12.1. The van der Waals surface area contributed by atoms with Crippen LogP contribution in [0.3, 0.4) is 0 Å². The van der Waals surface area contributed by atoms with Crippen LogP contribution in [0.4, 0.5) is 11.5 Å². The lowest BCUT2D eigenvalue weighted by Crippen LogP contribution is -2.13. The molecule has 22 heavy (non-hydrogen) atoms. The number of benzene rings is 1. The number of ether oxygens (including phenoxy) is 1. The molecule has 0 saturated carbocycles. The minimum Gasteiger partial charge on any atom is -0.423 e. The zero-order chi connectivity index (χ0) is 16.3. The molecule has 0 N–H and O–H groups in total. The average molecular weight is 322 g/mol. The summed E-state index contributed by atoms with van der Waals surface area (Å²) in [4.78, 5) is 28.0. The van der Waals surface area contributed by atoms with E-state index in [0.29, 0.717) is 11.4 Å². The number of esters is 1. The molecule has 1 aromatic carbocycles. The van der Waals surface area contributed by atoms with Crippen LogP contribution in [0.5, 0.6) is 5.75 Å². The smallest absolute Gasteiger partial charge is 0.343 e. The van der Waals surface area contributed by atoms with Crippen molar-refractivity contribution in [1.82, 2.24) is 4.98 Å². The van der Waals surface area contributed by atoms with Crippen molar-refractivity contribution >= 4 is 29.1 Å². The van der Waals surface area contributed by atoms with Gasteiger partial charge >= 0.3 is 5.97 Å². The zero-order valence-corrected chi connectivity index (χ0v) is 12.6. The fourth-order valence-corrected chi connectivity index (χ4v) is 1.89. The first-order chi connectivity index (χ1) is 10.4. The van der Waals surface area contributed by atoms with E-state index in [4.69, 9.17) is 16.3 Å². The number of pyridine rings is 1. The van der Waals surface area contributed by atoms with Crippen LogP contribution >= 0.6 is 11.6 Å². The van der Waals surface area contributed by atoms with E-state index in [1.165, 1.54) is 30.5 Å². The van der Waals surface area contributed by atoms with E-state index in [1.54, 1.807) is 25.1 Å². The summed E-state index contributed by atoms with van der Waals surface area (Å²) in [5, 5.41) is 10.6. The minimum absolute atomic E-state index is 0.0981. The molecule has 0 atom stereocenters. The van der Waals surface area contributed by atoms with Crippen molar-refractivity contribution in [2.24, 2.45) is 0 Å². The van der Waals surface area contributed by atoms with Crippen LogP contribution in [0.15, 0.2) is 36.5 Å². The van der Waals surface area contributed by atoms with Crippen molar-refractivity contribution in [2.45, 2.75) is 0 Å². The average Bonchev–Trinajstić information content (AvgIpc) is 2.47. The molecule has 0 radical (unpaired) electrons. The van der Waals surface area contributed by atoms with Gasteiger partial charge in [-0.05, 0) is 18.2 Å². The van der Waals surface area contributed by atoms with Crippen molar-refractivity contribution < 1.29 is 14.5 Å². The fraction of sp³-hybridized carbons (Fsp3) is 0.143. The van der Waals surface area contributed by atoms with Crippen LogP contribution in [-0.4, -0.2) is 30.0 Å². The molecule has 0 aliphatic heterocycles. The quantitative estimate of drug-likeness (QED) is 0.372. The highest BCUT2D eigenvalue weighted by atomic mass is 35.5. The molecular formula is C14H12ClN3O4. The second kappa shape index (κ2) is 6.40. The lowest BCUT2D eigenvalue weighted by Gasteiger charge is -2.11. The molecule has 0 bridgehead atoms. The lowest BCUT2D eigenvalue weighted by atomic mass is 10.2. The second-order valence-corrected chi connectivity index (χ2v) is 4.96. The summed E-state index contributed by atoms with van der Waals surface area (Å²) >= 11 is 5.77. The van der Waals surface area contributed by atoms with E-state index in [9.17, 15) is 14.9 Å². The van der Waals surface area contributed by atoms with Crippen LogP contribution in [0.25, 0.3) is 0 Å². The Bertz CT molecular complexity index is 734. The summed E-state index contributed by atoms with van der Waals surface area (Å²) in [6.45, 7) is 0. The molecule has 8 heteroatoms. The first-order valence-electron chi connectivity index (χ1n) is 6.18. The van der Waals surface area contributed by atoms with Crippen LogP contribution in [0.1, 0.15) is 10.4 Å². The molecule has 114 valence electrons. The summed E-state index contributed by atoms with van der Waals surface area (Å²) < 4.78 is 5.16. The van der Waals surface area contributed by atoms with Gasteiger partial charge in [0.15, 0.2) is 0 Å². The van der Waals surface area contributed by atoms with Crippen molar-refractivity contribution in [1.29, 1.82) is 0 Å². The second-order valence-electron chi connectivity index (χ2n) is 4.56. The van der Waals surface area contributed by atoms with Gasteiger partial charge in [0.2, 0.25) is 0 Å². The number of nitro benzene ring substituents is 1. The number of carbonyl (C=O) groups excluding carboxylic acids is 1. The molecule has 0 saturated heterocycles. The Hall–Kier alpha value is -2.67. The summed E-state index contributed by atoms with van der Waals surface area (Å²) in [5.74, 6) is 0.135. The molecule has 0 unspecified atom stereocenters. The molecular weight excluding hydrogens is 310 g/mol. The standard InChI is InChI=1S/C14H12ClN3O4/c1-17(2)13-7-9(5-6-16-13)14(19)22-10-3-4-12(18(20)21)11(15)8-10/h3-8H,1-2H3. The highest BCUT2D eigenvalue weighted by molar-refractivity contribution is 6.32. The summed E-state index contributed by atoms with van der Waals surface area (Å²) in [6.07, 6.45) is 1.49. The monoisotopic (exact) mass is 321 g/mol. The van der Waals surface area contributed by atoms with Crippen LogP contribution < -0.4 is 9.64 Å². The molecule has 7 nitrogen and oxygen atoms in total. The number of nitro groups is 1. The summed E-state index contributed by atoms with van der Waals surface area (Å²) in [5.41, 5.74) is 0.0634. The molecule has 0 amide bonds. The van der Waals surface area contributed by atoms with Gasteiger partial charge in [-0.25, -0.2) is 9.78 Å². The van der Waals surface area contributed by atoms with E-state index < -0.39 is 10.9 Å². The largest absolute Gasteiger partial charge is 0.423 e. The number of halogens is 1. The number of hydrogen-bond acceptors (Lipinski definition) is 6. The lowest BCUT2D eigenvalue weighted by molar-refractivity contribution is -0.384. The molecule has 0 aliphatic rings. The van der Waals surface area contributed by atoms with Crippen molar-refractivity contribution in [3.8, 4) is 5.75 Å². The first-order valence-corrected chi connectivity index (χ1v) is 6.56. The highest BCUT2D eigenvalue weighted by Gasteiger charge is 2.15. The van der Waals surface area contributed by atoms with Gasteiger partial charge in [-0.1, -0.05) is 11.6 Å². The Balaban J connectivity index is 2.20. The predicted molar refractivity (Wildman–Crippen MR) is 81.6 cm³/mol. The van der Waals surface area contributed by atoms with Gasteiger partial charge in [0.1, 0.15) is 16.6 Å². The maximum Gasteiger partial charge on any atom is 0.343 e. The molecule has 2 aromatic rings. The van der Waals surface area contributed by atoms with Gasteiger partial charge in [-0.15, -0.1) is 0 Å². The fourth-order valence-electron chi connectivity index (χ4n) is 1.66. The number of rotatable bonds is 4. The number of anilines is 1. The zero-order valence-electron chi connectivity index (χ0n) is 11.8. The normalized spacial score (nSPS) is 10.1. The third-order valence-electron chi connectivity index (χ3n) is 2.77. The third kappa shape index (κ3) is 3.50. The molecule has 0 aliphatic carbocycles. The SMILES string of the molecule is CN(C)c1cc(C(=O)Oc2ccc([N+](=O)[O-])c(Cl)c2)ccn1. The van der Waals surface area contributed by atoms with Crippen LogP contribution in [-0.2, 0) is 0 Å². The van der Waals surface area contributed by atoms with Gasteiger partial charge in [0, 0.05) is 32.4 Å². The van der Waals surface area contributed by atoms with Crippen molar-refractivity contribution in [2.75, 3.05) is 19.0 Å². The van der Waals surface area contributed by atoms with Crippen molar-refractivity contribution in [3.63, 3.8) is 0 Å². The molecule has 0 spiro atoms. The highest BCUT2D eigenvalue weighted by Crippen LogP contribution is 2.28. The predicted octanol–water partition coefficient (Wildman–Crippen LogP) is 2.93. The molecule has 0 fully saturated rings. The number of nitrogens with zero attached hydrogens (tertiary/aromatic N) is 3. The number of aromatic nitrogens is 1. The van der Waals surface area contributed by atoms with Gasteiger partial charge in [-0.2, -0.15) is 0 Å². The van der Waals surface area contributed by atoms with Crippen LogP contribution in [0, 0.1) is 10.1 Å². The summed E-state index contributed by atoms with van der Waals surface area (Å²) in [7, 11) is 3.60. The van der Waals surface area contributed by atoms with Gasteiger partial charge in [0.05, 0.1) is 10.5 Å². The summed E-state index contributed by atoms with van der Waals surface area (Å²) in [6, 6.07) is 6.82. The van der Waals surface area contributed by atoms with Crippen molar-refractivity contribution in [3.05, 3.63) is 57.2 Å². The molecule has 1 aromatic heterocycles. The Morgan fingerprint density at radius 1 is 1.32 bits per heavy atom. The van der Waals surface area contributed by atoms with E-state index in [2.05, 4.69) is 4.98 Å². The third-order valence-corrected chi connectivity index (χ3v) is 3.07. The Morgan fingerprint density at radius 3 is 2.64 bits per heavy atom. The van der Waals surface area contributed by atoms with E-state index in [-0.39, 0.29) is 16.5 Å². The van der Waals surface area contributed by atoms with E-state index in [0.717, 1.165) is 0 Å². The minimum atomic E-state index is -0.611. The van der Waals surface area contributed by atoms with Gasteiger partial charge in [-0.3, -0.25) is 10.1 Å². The van der Waals surface area contributed by atoms with E-state index in [1.807, 2.05) is 0 Å². The van der Waals surface area contributed by atoms with Gasteiger partial charge in [0.25, 0.3) is 5.69 Å². The van der Waals surface area contributed by atoms with Crippen LogP contribution in [0.2, 0.25) is 5.02 Å². The molecule has 2 rings (SSSR count). The Labute approximate surface area is 131 Å².